The largest absolute Gasteiger partial charge is 0.497 e. The summed E-state index contributed by atoms with van der Waals surface area (Å²) in [5, 5.41) is 0.877. The van der Waals surface area contributed by atoms with Gasteiger partial charge in [0.2, 0.25) is 0 Å². The van der Waals surface area contributed by atoms with Crippen molar-refractivity contribution in [1.29, 1.82) is 0 Å². The molecule has 1 heterocycles. The lowest BCUT2D eigenvalue weighted by Gasteiger charge is -2.08. The molecule has 1 aromatic heterocycles. The number of ether oxygens (including phenoxy) is 3. The van der Waals surface area contributed by atoms with Crippen molar-refractivity contribution in [2.75, 3.05) is 20.8 Å². The van der Waals surface area contributed by atoms with E-state index in [1.165, 1.54) is 7.11 Å². The number of benzene rings is 3. The summed E-state index contributed by atoms with van der Waals surface area (Å²) >= 11 is 0. The summed E-state index contributed by atoms with van der Waals surface area (Å²) in [5.74, 6) is 0.00205. The van der Waals surface area contributed by atoms with Crippen molar-refractivity contribution in [2.45, 2.75) is 6.92 Å². The van der Waals surface area contributed by atoms with Crippen molar-refractivity contribution in [1.82, 2.24) is 4.98 Å². The molecule has 4 aromatic rings. The number of fused-ring (bicyclic) bond motifs is 1. The van der Waals surface area contributed by atoms with Crippen LogP contribution in [0.3, 0.4) is 0 Å². The zero-order valence-electron chi connectivity index (χ0n) is 18.1. The Morgan fingerprint density at radius 3 is 2.09 bits per heavy atom. The minimum atomic E-state index is -0.400. The van der Waals surface area contributed by atoms with Crippen LogP contribution in [0.15, 0.2) is 66.7 Å². The summed E-state index contributed by atoms with van der Waals surface area (Å²) in [4.78, 5) is 27.7. The molecule has 0 bridgehead atoms. The summed E-state index contributed by atoms with van der Waals surface area (Å²) in [6.45, 7) is 2.10. The zero-order valence-corrected chi connectivity index (χ0v) is 18.1. The maximum absolute atomic E-state index is 12.1. The predicted octanol–water partition coefficient (Wildman–Crippen LogP) is 5.47. The van der Waals surface area contributed by atoms with Crippen LogP contribution < -0.4 is 4.74 Å². The normalized spacial score (nSPS) is 10.7. The summed E-state index contributed by atoms with van der Waals surface area (Å²) in [7, 11) is 2.99. The Morgan fingerprint density at radius 2 is 1.47 bits per heavy atom. The van der Waals surface area contributed by atoms with Crippen molar-refractivity contribution in [2.24, 2.45) is 0 Å². The molecule has 0 radical (unpaired) electrons. The molecule has 32 heavy (non-hydrogen) atoms. The Hall–Kier alpha value is -4.06. The molecule has 0 saturated heterocycles. The number of aromatic nitrogens is 1. The number of hydrogen-bond donors (Lipinski definition) is 1. The smallest absolute Gasteiger partial charge is 0.338 e. The van der Waals surface area contributed by atoms with E-state index in [0.29, 0.717) is 17.7 Å². The van der Waals surface area contributed by atoms with Gasteiger partial charge in [0.25, 0.3) is 0 Å². The van der Waals surface area contributed by atoms with E-state index in [1.807, 2.05) is 48.5 Å². The second kappa shape index (κ2) is 8.98. The lowest BCUT2D eigenvalue weighted by atomic mass is 9.96. The molecule has 0 atom stereocenters. The van der Waals surface area contributed by atoms with Crippen LogP contribution in [0.2, 0.25) is 0 Å². The maximum Gasteiger partial charge on any atom is 0.338 e. The van der Waals surface area contributed by atoms with Crippen LogP contribution in [0.1, 0.15) is 27.6 Å². The average Bonchev–Trinajstić information content (AvgIpc) is 3.22. The molecule has 0 saturated carbocycles. The number of esters is 2. The number of rotatable bonds is 6. The first-order chi connectivity index (χ1) is 15.5. The fraction of sp³-hybridized carbons (Fsp3) is 0.154. The third-order valence-corrected chi connectivity index (χ3v) is 5.28. The van der Waals surface area contributed by atoms with Gasteiger partial charge < -0.3 is 19.2 Å². The molecular weight excluding hydrogens is 406 g/mol. The molecule has 0 fully saturated rings. The van der Waals surface area contributed by atoms with Gasteiger partial charge in [-0.05, 0) is 72.6 Å². The third kappa shape index (κ3) is 3.95. The van der Waals surface area contributed by atoms with Crippen LogP contribution in [-0.2, 0) is 9.47 Å². The first-order valence-electron chi connectivity index (χ1n) is 10.2. The Labute approximate surface area is 185 Å². The SMILES string of the molecule is CCOC(=O)c1ccc(-c2c(-c3ccc(OC)cc3)[nH]c3ccc(C(=O)OC)cc23)cc1. The monoisotopic (exact) mass is 429 g/mol. The zero-order chi connectivity index (χ0) is 22.7. The molecule has 0 aliphatic carbocycles. The number of aromatic amines is 1. The van der Waals surface area contributed by atoms with Crippen LogP contribution in [0.4, 0.5) is 0 Å². The first kappa shape index (κ1) is 21.2. The van der Waals surface area contributed by atoms with Gasteiger partial charge in [0.1, 0.15) is 5.75 Å². The van der Waals surface area contributed by atoms with Gasteiger partial charge in [0, 0.05) is 16.5 Å². The van der Waals surface area contributed by atoms with Gasteiger partial charge >= 0.3 is 11.9 Å². The third-order valence-electron chi connectivity index (χ3n) is 5.28. The highest BCUT2D eigenvalue weighted by Gasteiger charge is 2.18. The van der Waals surface area contributed by atoms with E-state index >= 15 is 0 Å². The number of carbonyl (C=O) groups is 2. The molecule has 6 heteroatoms. The highest BCUT2D eigenvalue weighted by molar-refractivity contribution is 6.06. The van der Waals surface area contributed by atoms with Crippen molar-refractivity contribution in [3.8, 4) is 28.1 Å². The molecule has 0 unspecified atom stereocenters. The van der Waals surface area contributed by atoms with E-state index in [-0.39, 0.29) is 5.97 Å². The van der Waals surface area contributed by atoms with Gasteiger partial charge in [-0.15, -0.1) is 0 Å². The van der Waals surface area contributed by atoms with Gasteiger partial charge in [-0.25, -0.2) is 9.59 Å². The number of nitrogens with one attached hydrogen (secondary N) is 1. The van der Waals surface area contributed by atoms with E-state index in [9.17, 15) is 9.59 Å². The highest BCUT2D eigenvalue weighted by atomic mass is 16.5. The Kier molecular flexibility index (Phi) is 5.94. The summed E-state index contributed by atoms with van der Waals surface area (Å²) < 4.78 is 15.3. The van der Waals surface area contributed by atoms with Crippen LogP contribution in [0.25, 0.3) is 33.3 Å². The van der Waals surface area contributed by atoms with Crippen LogP contribution in [0, 0.1) is 0 Å². The molecule has 6 nitrogen and oxygen atoms in total. The minimum absolute atomic E-state index is 0.320. The molecule has 0 amide bonds. The lowest BCUT2D eigenvalue weighted by molar-refractivity contribution is 0.0525. The molecular formula is C26H23NO5. The van der Waals surface area contributed by atoms with E-state index in [1.54, 1.807) is 32.2 Å². The number of hydrogen-bond acceptors (Lipinski definition) is 5. The van der Waals surface area contributed by atoms with Crippen LogP contribution in [0.5, 0.6) is 5.75 Å². The number of methoxy groups -OCH3 is 2. The highest BCUT2D eigenvalue weighted by Crippen LogP contribution is 2.39. The molecule has 0 spiro atoms. The second-order valence-electron chi connectivity index (χ2n) is 7.15. The van der Waals surface area contributed by atoms with E-state index in [0.717, 1.165) is 39.0 Å². The van der Waals surface area contributed by atoms with Gasteiger partial charge in [0.15, 0.2) is 0 Å². The van der Waals surface area contributed by atoms with Crippen molar-refractivity contribution < 1.29 is 23.8 Å². The van der Waals surface area contributed by atoms with Crippen LogP contribution in [-0.4, -0.2) is 37.7 Å². The van der Waals surface area contributed by atoms with Crippen molar-refractivity contribution in [3.05, 3.63) is 77.9 Å². The van der Waals surface area contributed by atoms with E-state index in [4.69, 9.17) is 14.2 Å². The average molecular weight is 429 g/mol. The number of carbonyl (C=O) groups excluding carboxylic acids is 2. The van der Waals surface area contributed by atoms with Gasteiger partial charge in [0.05, 0.1) is 37.6 Å². The van der Waals surface area contributed by atoms with Crippen LogP contribution >= 0.6 is 0 Å². The van der Waals surface area contributed by atoms with E-state index in [2.05, 4.69) is 4.98 Å². The Balaban J connectivity index is 1.90. The Bertz CT molecular complexity index is 1270. The minimum Gasteiger partial charge on any atom is -0.497 e. The quantitative estimate of drug-likeness (QED) is 0.411. The summed E-state index contributed by atoms with van der Waals surface area (Å²) in [5.41, 5.74) is 5.51. The molecule has 3 aromatic carbocycles. The fourth-order valence-electron chi connectivity index (χ4n) is 3.70. The lowest BCUT2D eigenvalue weighted by Crippen LogP contribution is -2.04. The molecule has 1 N–H and O–H groups in total. The Morgan fingerprint density at radius 1 is 0.812 bits per heavy atom. The maximum atomic E-state index is 12.1. The number of H-pyrrole nitrogens is 1. The molecule has 0 aliphatic rings. The van der Waals surface area contributed by atoms with Gasteiger partial charge in [-0.3, -0.25) is 0 Å². The fourth-order valence-corrected chi connectivity index (χ4v) is 3.70. The predicted molar refractivity (Wildman–Crippen MR) is 123 cm³/mol. The molecule has 4 rings (SSSR count). The topological polar surface area (TPSA) is 77.6 Å². The van der Waals surface area contributed by atoms with Gasteiger partial charge in [-0.2, -0.15) is 0 Å². The van der Waals surface area contributed by atoms with Gasteiger partial charge in [-0.1, -0.05) is 12.1 Å². The standard InChI is InChI=1S/C26H23NO5/c1-4-32-26(29)18-7-5-16(6-8-18)23-21-15-19(25(28)31-3)11-14-22(21)27-24(23)17-9-12-20(30-2)13-10-17/h5-15,27H,4H2,1-3H3. The molecule has 162 valence electrons. The van der Waals surface area contributed by atoms with Crippen molar-refractivity contribution >= 4 is 22.8 Å². The molecule has 0 aliphatic heterocycles. The summed E-state index contributed by atoms with van der Waals surface area (Å²) in [6.07, 6.45) is 0. The van der Waals surface area contributed by atoms with E-state index < -0.39 is 5.97 Å². The second-order valence-corrected chi connectivity index (χ2v) is 7.15. The van der Waals surface area contributed by atoms with Crippen molar-refractivity contribution in [3.63, 3.8) is 0 Å². The summed E-state index contributed by atoms with van der Waals surface area (Å²) in [6, 6.07) is 20.4. The first-order valence-corrected chi connectivity index (χ1v) is 10.2.